The maximum Gasteiger partial charge on any atom is 0.411 e. The fourth-order valence-electron chi connectivity index (χ4n) is 14.6. The predicted octanol–water partition coefficient (Wildman–Crippen LogP) is 6.74. The molecule has 6 aliphatic heterocycles. The second-order valence-corrected chi connectivity index (χ2v) is 25.8. The minimum atomic E-state index is -0.794. The summed E-state index contributed by atoms with van der Waals surface area (Å²) in [4.78, 5) is 78.6. The molecule has 4 amide bonds. The number of carbonyl (C=O) groups excluding carboxylic acids is 4. The van der Waals surface area contributed by atoms with Crippen molar-refractivity contribution >= 4 is 57.0 Å². The minimum absolute atomic E-state index is 0.0186. The number of aliphatic hydroxyl groups excluding tert-OH is 1. The lowest BCUT2D eigenvalue weighted by atomic mass is 9.57. The number of amides is 4. The van der Waals surface area contributed by atoms with E-state index in [0.717, 1.165) is 81.8 Å². The fourth-order valence-corrected chi connectivity index (χ4v) is 14.6. The van der Waals surface area contributed by atoms with E-state index >= 15 is 4.39 Å². The van der Waals surface area contributed by atoms with Gasteiger partial charge in [-0.1, -0.05) is 18.1 Å². The number of fused-ring (bicyclic) bond motifs is 5. The molecule has 7 fully saturated rings. The number of ether oxygens (including phenoxy) is 4. The largest absolute Gasteiger partial charge is 0.468 e. The number of hydrogen-bond acceptors (Lipinski definition) is 16. The Morgan fingerprint density at radius 2 is 1.72 bits per heavy atom. The summed E-state index contributed by atoms with van der Waals surface area (Å²) in [5, 5.41) is 15.5. The van der Waals surface area contributed by atoms with Crippen LogP contribution in [-0.4, -0.2) is 179 Å². The Balaban J connectivity index is 0.659. The molecule has 0 radical (unpaired) electrons. The van der Waals surface area contributed by atoms with Gasteiger partial charge < -0.3 is 43.7 Å². The number of halogens is 1. The number of pyridine rings is 1. The van der Waals surface area contributed by atoms with E-state index in [2.05, 4.69) is 32.0 Å². The first-order valence-electron chi connectivity index (χ1n) is 29.5. The van der Waals surface area contributed by atoms with Crippen LogP contribution in [0.2, 0.25) is 0 Å². The average Bonchev–Trinajstić information content (AvgIpc) is 4.35. The van der Waals surface area contributed by atoms with Gasteiger partial charge in [-0.05, 0) is 144 Å². The summed E-state index contributed by atoms with van der Waals surface area (Å²) in [7, 11) is 1.53. The fraction of sp³-hybridized carbons (Fsp3) is 0.540. The van der Waals surface area contributed by atoms with Gasteiger partial charge in [-0.15, -0.1) is 6.42 Å². The molecule has 2 N–H and O–H groups in total. The quantitative estimate of drug-likeness (QED) is 0.0674. The summed E-state index contributed by atoms with van der Waals surface area (Å²) >= 11 is 0. The summed E-state index contributed by atoms with van der Waals surface area (Å²) in [5.41, 5.74) is 3.33. The molecular formula is C63H73FN10O9. The highest BCUT2D eigenvalue weighted by molar-refractivity contribution is 6.06. The lowest BCUT2D eigenvalue weighted by molar-refractivity contribution is -0.136. The number of nitrogens with zero attached hydrogens (tertiary/aromatic N) is 9. The van der Waals surface area contributed by atoms with Crippen LogP contribution in [0.5, 0.6) is 11.8 Å². The molecular weight excluding hydrogens is 1060 g/mol. The standard InChI is InChI=1S/C63H73FN10O9/c1-6-39-8-7-9-40-25-44(82-37-80-5)27-46(52(39)40)54-53(64)55-47(30-65-54)56(72-33-43-26-50(75)49(34-72)74(43)60(79)83-61(2,3)4)68-59(67-55)81-36-63(14-15-63)35-70-18-16-62(17-19-70)28-38(29-62)31-69-20-22-71(23-21-69)42-10-11-45-41(24-42)32-73(58(45)78)48-12-13-51(76)66-57(48)77/h1,7-11,24-25,27,30,38,43,48-50,75H,12-23,26,28-29,31-37H2,2-5H3,(H,66,76,77)/t43?,48-,49?,50?/m0/s1. The maximum atomic E-state index is 17.7. The summed E-state index contributed by atoms with van der Waals surface area (Å²) in [6, 6.07) is 13.6. The second-order valence-electron chi connectivity index (χ2n) is 25.8. The molecule has 1 spiro atoms. The van der Waals surface area contributed by atoms with Crippen LogP contribution in [0.25, 0.3) is 32.9 Å². The van der Waals surface area contributed by atoms with Gasteiger partial charge >= 0.3 is 12.1 Å². The van der Waals surface area contributed by atoms with Crippen molar-refractivity contribution < 1.29 is 47.6 Å². The van der Waals surface area contributed by atoms with Gasteiger partial charge in [0.05, 0.1) is 30.2 Å². The summed E-state index contributed by atoms with van der Waals surface area (Å²) in [5.74, 6) is 2.81. The van der Waals surface area contributed by atoms with E-state index in [-0.39, 0.29) is 60.3 Å². The highest BCUT2D eigenvalue weighted by atomic mass is 19.1. The number of aromatic nitrogens is 3. The highest BCUT2D eigenvalue weighted by Crippen LogP contribution is 2.54. The highest BCUT2D eigenvalue weighted by Gasteiger charge is 2.52. The normalized spacial score (nSPS) is 24.3. The molecule has 3 unspecified atom stereocenters. The smallest absolute Gasteiger partial charge is 0.411 e. The van der Waals surface area contributed by atoms with E-state index in [9.17, 15) is 24.3 Å². The first-order chi connectivity index (χ1) is 39.9. The van der Waals surface area contributed by atoms with Crippen molar-refractivity contribution in [3.05, 3.63) is 77.2 Å². The molecule has 20 heteroatoms. The third-order valence-corrected chi connectivity index (χ3v) is 18.9. The van der Waals surface area contributed by atoms with Crippen molar-refractivity contribution in [3.63, 3.8) is 0 Å². The number of rotatable bonds is 14. The van der Waals surface area contributed by atoms with Crippen LogP contribution in [0.15, 0.2) is 54.7 Å². The van der Waals surface area contributed by atoms with E-state index in [1.165, 1.54) is 32.8 Å². The molecule has 2 aliphatic carbocycles. The van der Waals surface area contributed by atoms with Gasteiger partial charge in [-0.25, -0.2) is 9.18 Å². The molecule has 8 aliphatic rings. The lowest BCUT2D eigenvalue weighted by Gasteiger charge is -2.54. The number of imide groups is 1. The maximum absolute atomic E-state index is 17.7. The molecule has 13 rings (SSSR count). The average molecular weight is 1130 g/mol. The number of terminal acetylenes is 1. The van der Waals surface area contributed by atoms with Gasteiger partial charge in [0.25, 0.3) is 5.91 Å². The number of nitrogens with one attached hydrogen (secondary N) is 1. The summed E-state index contributed by atoms with van der Waals surface area (Å²) in [6.07, 6.45) is 14.2. The lowest BCUT2D eigenvalue weighted by Crippen LogP contribution is -2.58. The Bertz CT molecular complexity index is 3450. The Morgan fingerprint density at radius 1 is 0.928 bits per heavy atom. The number of benzene rings is 3. The molecule has 5 saturated heterocycles. The molecule has 4 atom stereocenters. The predicted molar refractivity (Wildman–Crippen MR) is 308 cm³/mol. The zero-order valence-electron chi connectivity index (χ0n) is 47.8. The van der Waals surface area contributed by atoms with E-state index in [1.54, 1.807) is 22.1 Å². The zero-order valence-corrected chi connectivity index (χ0v) is 47.8. The van der Waals surface area contributed by atoms with Crippen molar-refractivity contribution in [2.75, 3.05) is 95.8 Å². The Morgan fingerprint density at radius 3 is 2.45 bits per heavy atom. The SMILES string of the molecule is C#Cc1cccc2cc(OCOC)cc(-c3ncc4c(N5CC6CC(O)C(C5)N6C(=O)OC(C)(C)C)nc(OCC5(CN6CCC7(CC6)CC(CN6CCN(c8ccc9c(c8)CN([C@H]8CCC(=O)NC8=O)C9=O)CC6)C7)CC5)nc4c3F)c12. The number of anilines is 2. The van der Waals surface area contributed by atoms with Crippen LogP contribution in [0.3, 0.4) is 0 Å². The van der Waals surface area contributed by atoms with Crippen molar-refractivity contribution in [1.82, 2.24) is 39.9 Å². The molecule has 2 aromatic heterocycles. The molecule has 2 bridgehead atoms. The number of carbonyl (C=O) groups is 4. The number of aliphatic hydroxyl groups is 1. The van der Waals surface area contributed by atoms with E-state index in [4.69, 9.17) is 40.3 Å². The van der Waals surface area contributed by atoms with Gasteiger partial charge in [0.1, 0.15) is 34.4 Å². The van der Waals surface area contributed by atoms with E-state index in [1.807, 2.05) is 62.1 Å². The molecule has 3 aromatic carbocycles. The number of methoxy groups -OCH3 is 1. The number of hydrogen-bond donors (Lipinski definition) is 2. The summed E-state index contributed by atoms with van der Waals surface area (Å²) < 4.78 is 41.2. The molecule has 19 nitrogen and oxygen atoms in total. The molecule has 8 heterocycles. The molecule has 2 saturated carbocycles. The van der Waals surface area contributed by atoms with Crippen LogP contribution in [0, 0.1) is 34.9 Å². The Hall–Kier alpha value is -7.18. The topological polar surface area (TPSA) is 196 Å². The third kappa shape index (κ3) is 10.7. The van der Waals surface area contributed by atoms with Crippen molar-refractivity contribution in [3.8, 4) is 35.4 Å². The van der Waals surface area contributed by atoms with Crippen molar-refractivity contribution in [1.29, 1.82) is 0 Å². The first-order valence-corrected chi connectivity index (χ1v) is 29.5. The van der Waals surface area contributed by atoms with Gasteiger partial charge in [0.2, 0.25) is 11.8 Å². The van der Waals surface area contributed by atoms with E-state index < -0.39 is 41.6 Å². The number of piperidine rings is 2. The Labute approximate surface area is 482 Å². The first kappa shape index (κ1) is 55.0. The molecule has 5 aromatic rings. The molecule has 83 heavy (non-hydrogen) atoms. The van der Waals surface area contributed by atoms with Crippen molar-refractivity contribution in [2.24, 2.45) is 16.7 Å². The van der Waals surface area contributed by atoms with E-state index in [0.29, 0.717) is 82.9 Å². The minimum Gasteiger partial charge on any atom is -0.468 e. The third-order valence-electron chi connectivity index (χ3n) is 18.9. The molecule has 436 valence electrons. The zero-order chi connectivity index (χ0) is 57.5. The van der Waals surface area contributed by atoms with Crippen LogP contribution in [0.4, 0.5) is 20.7 Å². The van der Waals surface area contributed by atoms with Crippen LogP contribution < -0.4 is 24.6 Å². The number of likely N-dealkylation sites (tertiary alicyclic amines) is 1. The monoisotopic (exact) mass is 1130 g/mol. The van der Waals surface area contributed by atoms with Crippen molar-refractivity contribution in [2.45, 2.75) is 115 Å². The van der Waals surface area contributed by atoms with Gasteiger partial charge in [0, 0.05) is 112 Å². The van der Waals surface area contributed by atoms with Crippen LogP contribution >= 0.6 is 0 Å². The van der Waals surface area contributed by atoms with Crippen LogP contribution in [0.1, 0.15) is 100 Å². The summed E-state index contributed by atoms with van der Waals surface area (Å²) in [6.45, 7) is 14.6. The Kier molecular flexibility index (Phi) is 14.2. The number of piperazine rings is 2. The van der Waals surface area contributed by atoms with Crippen LogP contribution in [-0.2, 0) is 25.6 Å². The van der Waals surface area contributed by atoms with Gasteiger partial charge in [0.15, 0.2) is 12.6 Å². The second kappa shape index (κ2) is 21.5. The van der Waals surface area contributed by atoms with Gasteiger partial charge in [-0.2, -0.15) is 9.97 Å². The van der Waals surface area contributed by atoms with Gasteiger partial charge in [-0.3, -0.25) is 34.5 Å².